The lowest BCUT2D eigenvalue weighted by atomic mass is 9.92. The van der Waals surface area contributed by atoms with Crippen molar-refractivity contribution in [2.75, 3.05) is 0 Å². The molecular weight excluding hydrogens is 255 g/mol. The predicted molar refractivity (Wildman–Crippen MR) is 74.9 cm³/mol. The standard InChI is InChI=1S/C17H15FO2/c18-16-6-3-7-17(15(16)11-19)20-14-9-8-12-4-1-2-5-13(12)10-14/h3,6-11H,1-2,4-5H2. The molecule has 2 aromatic rings. The van der Waals surface area contributed by atoms with Crippen molar-refractivity contribution >= 4 is 6.29 Å². The third-order valence-electron chi connectivity index (χ3n) is 3.68. The lowest BCUT2D eigenvalue weighted by Gasteiger charge is -2.17. The summed E-state index contributed by atoms with van der Waals surface area (Å²) >= 11 is 0. The van der Waals surface area contributed by atoms with Crippen LogP contribution in [0.15, 0.2) is 36.4 Å². The molecule has 102 valence electrons. The van der Waals surface area contributed by atoms with Crippen molar-refractivity contribution in [1.29, 1.82) is 0 Å². The van der Waals surface area contributed by atoms with Gasteiger partial charge in [0.25, 0.3) is 0 Å². The second kappa shape index (κ2) is 5.45. The zero-order chi connectivity index (χ0) is 13.9. The fraction of sp³-hybridized carbons (Fsp3) is 0.235. The second-order valence-corrected chi connectivity index (χ2v) is 5.01. The van der Waals surface area contributed by atoms with Gasteiger partial charge in [-0.2, -0.15) is 0 Å². The van der Waals surface area contributed by atoms with Gasteiger partial charge in [0.1, 0.15) is 17.3 Å². The van der Waals surface area contributed by atoms with Crippen LogP contribution in [0.4, 0.5) is 4.39 Å². The number of carbonyl (C=O) groups excluding carboxylic acids is 1. The monoisotopic (exact) mass is 270 g/mol. The Morgan fingerprint density at radius 3 is 2.65 bits per heavy atom. The number of aldehydes is 1. The molecule has 0 spiro atoms. The lowest BCUT2D eigenvalue weighted by Crippen LogP contribution is -2.02. The number of ether oxygens (including phenoxy) is 1. The summed E-state index contributed by atoms with van der Waals surface area (Å²) in [5.41, 5.74) is 2.61. The smallest absolute Gasteiger partial charge is 0.156 e. The number of aryl methyl sites for hydroxylation is 2. The molecule has 0 saturated carbocycles. The molecule has 0 unspecified atom stereocenters. The predicted octanol–water partition coefficient (Wildman–Crippen LogP) is 4.31. The molecule has 0 radical (unpaired) electrons. The Kier molecular flexibility index (Phi) is 3.50. The summed E-state index contributed by atoms with van der Waals surface area (Å²) in [6, 6.07) is 10.3. The summed E-state index contributed by atoms with van der Waals surface area (Å²) in [7, 11) is 0. The SMILES string of the molecule is O=Cc1c(F)cccc1Oc1ccc2c(c1)CCCC2. The Bertz CT molecular complexity index is 649. The molecule has 0 bridgehead atoms. The Morgan fingerprint density at radius 2 is 1.85 bits per heavy atom. The van der Waals surface area contributed by atoms with Crippen molar-refractivity contribution in [3.63, 3.8) is 0 Å². The third kappa shape index (κ3) is 2.44. The van der Waals surface area contributed by atoms with E-state index < -0.39 is 5.82 Å². The van der Waals surface area contributed by atoms with E-state index in [1.807, 2.05) is 12.1 Å². The van der Waals surface area contributed by atoms with Gasteiger partial charge in [-0.25, -0.2) is 4.39 Å². The average Bonchev–Trinajstić information content (AvgIpc) is 2.47. The van der Waals surface area contributed by atoms with Crippen molar-refractivity contribution in [2.45, 2.75) is 25.7 Å². The highest BCUT2D eigenvalue weighted by atomic mass is 19.1. The number of halogens is 1. The first-order chi connectivity index (χ1) is 9.78. The molecule has 1 aliphatic carbocycles. The molecule has 2 nitrogen and oxygen atoms in total. The van der Waals surface area contributed by atoms with E-state index in [9.17, 15) is 9.18 Å². The topological polar surface area (TPSA) is 26.3 Å². The number of hydrogen-bond acceptors (Lipinski definition) is 2. The van der Waals surface area contributed by atoms with Crippen molar-refractivity contribution in [2.24, 2.45) is 0 Å². The van der Waals surface area contributed by atoms with Crippen LogP contribution < -0.4 is 4.74 Å². The molecule has 0 fully saturated rings. The summed E-state index contributed by atoms with van der Waals surface area (Å²) in [5, 5.41) is 0. The number of hydrogen-bond donors (Lipinski definition) is 0. The minimum atomic E-state index is -0.560. The van der Waals surface area contributed by atoms with Crippen LogP contribution in [0.3, 0.4) is 0 Å². The van der Waals surface area contributed by atoms with Gasteiger partial charge in [-0.15, -0.1) is 0 Å². The van der Waals surface area contributed by atoms with Gasteiger partial charge in [-0.3, -0.25) is 4.79 Å². The van der Waals surface area contributed by atoms with Crippen molar-refractivity contribution < 1.29 is 13.9 Å². The molecular formula is C17H15FO2. The normalized spacial score (nSPS) is 13.7. The minimum Gasteiger partial charge on any atom is -0.457 e. The molecule has 1 aliphatic rings. The fourth-order valence-electron chi connectivity index (χ4n) is 2.62. The molecule has 0 atom stereocenters. The maximum atomic E-state index is 13.5. The number of fused-ring (bicyclic) bond motifs is 1. The Labute approximate surface area is 117 Å². The molecule has 3 rings (SSSR count). The van der Waals surface area contributed by atoms with Crippen LogP contribution in [0, 0.1) is 5.82 Å². The van der Waals surface area contributed by atoms with Crippen LogP contribution in [-0.4, -0.2) is 6.29 Å². The lowest BCUT2D eigenvalue weighted by molar-refractivity contribution is 0.111. The summed E-state index contributed by atoms with van der Waals surface area (Å²) in [6.45, 7) is 0. The number of benzene rings is 2. The zero-order valence-electron chi connectivity index (χ0n) is 11.1. The molecule has 0 N–H and O–H groups in total. The molecule has 0 aromatic heterocycles. The first kappa shape index (κ1) is 12.9. The van der Waals surface area contributed by atoms with Crippen LogP contribution >= 0.6 is 0 Å². The van der Waals surface area contributed by atoms with E-state index in [0.29, 0.717) is 12.0 Å². The highest BCUT2D eigenvalue weighted by molar-refractivity contribution is 5.79. The molecule has 3 heteroatoms. The first-order valence-electron chi connectivity index (χ1n) is 6.81. The molecule has 20 heavy (non-hydrogen) atoms. The second-order valence-electron chi connectivity index (χ2n) is 5.01. The average molecular weight is 270 g/mol. The molecule has 0 saturated heterocycles. The van der Waals surface area contributed by atoms with Crippen LogP contribution in [-0.2, 0) is 12.8 Å². The van der Waals surface area contributed by atoms with Crippen molar-refractivity contribution in [1.82, 2.24) is 0 Å². The van der Waals surface area contributed by atoms with Crippen molar-refractivity contribution in [3.05, 3.63) is 58.9 Å². The Morgan fingerprint density at radius 1 is 1.05 bits per heavy atom. The van der Waals surface area contributed by atoms with E-state index >= 15 is 0 Å². The maximum Gasteiger partial charge on any atom is 0.156 e. The van der Waals surface area contributed by atoms with Gasteiger partial charge in [0, 0.05) is 0 Å². The van der Waals surface area contributed by atoms with Gasteiger partial charge in [-0.1, -0.05) is 12.1 Å². The van der Waals surface area contributed by atoms with E-state index in [-0.39, 0.29) is 11.3 Å². The molecule has 0 amide bonds. The summed E-state index contributed by atoms with van der Waals surface area (Å²) in [5.74, 6) is 0.352. The van der Waals surface area contributed by atoms with Gasteiger partial charge in [0.05, 0.1) is 5.56 Å². The van der Waals surface area contributed by atoms with Gasteiger partial charge < -0.3 is 4.74 Å². The quantitative estimate of drug-likeness (QED) is 0.777. The first-order valence-corrected chi connectivity index (χ1v) is 6.81. The summed E-state index contributed by atoms with van der Waals surface area (Å²) in [6.07, 6.45) is 5.07. The van der Waals surface area contributed by atoms with Gasteiger partial charge in [0.15, 0.2) is 6.29 Å². The highest BCUT2D eigenvalue weighted by Gasteiger charge is 2.12. The van der Waals surface area contributed by atoms with Gasteiger partial charge >= 0.3 is 0 Å². The Balaban J connectivity index is 1.92. The summed E-state index contributed by atoms with van der Waals surface area (Å²) < 4.78 is 19.2. The number of rotatable bonds is 3. The zero-order valence-corrected chi connectivity index (χ0v) is 11.1. The molecule has 2 aromatic carbocycles. The van der Waals surface area contributed by atoms with Crippen LogP contribution in [0.2, 0.25) is 0 Å². The van der Waals surface area contributed by atoms with E-state index in [1.165, 1.54) is 36.1 Å². The maximum absolute atomic E-state index is 13.5. The largest absolute Gasteiger partial charge is 0.457 e. The van der Waals surface area contributed by atoms with Gasteiger partial charge in [0.2, 0.25) is 0 Å². The van der Waals surface area contributed by atoms with Gasteiger partial charge in [-0.05, 0) is 61.1 Å². The third-order valence-corrected chi connectivity index (χ3v) is 3.68. The van der Waals surface area contributed by atoms with E-state index in [2.05, 4.69) is 6.07 Å². The highest BCUT2D eigenvalue weighted by Crippen LogP contribution is 2.30. The van der Waals surface area contributed by atoms with Crippen molar-refractivity contribution in [3.8, 4) is 11.5 Å². The van der Waals surface area contributed by atoms with Crippen LogP contribution in [0.1, 0.15) is 34.3 Å². The Hall–Kier alpha value is -2.16. The van der Waals surface area contributed by atoms with Crippen LogP contribution in [0.5, 0.6) is 11.5 Å². The fourth-order valence-corrected chi connectivity index (χ4v) is 2.62. The van der Waals surface area contributed by atoms with E-state index in [1.54, 1.807) is 6.07 Å². The molecule has 0 heterocycles. The minimum absolute atomic E-state index is 0.0368. The summed E-state index contributed by atoms with van der Waals surface area (Å²) in [4.78, 5) is 11.0. The van der Waals surface area contributed by atoms with E-state index in [4.69, 9.17) is 4.74 Å². The molecule has 0 aliphatic heterocycles. The van der Waals surface area contributed by atoms with Crippen LogP contribution in [0.25, 0.3) is 0 Å². The number of carbonyl (C=O) groups is 1. The van der Waals surface area contributed by atoms with E-state index in [0.717, 1.165) is 12.8 Å².